The number of rotatable bonds is 4. The standard InChI is InChI=1S/C10H21N3O/c1-2-9(8-10(11)12)13-4-3-6-14-7-5-13/h9H,2-8H2,1H3,(H3,11,12). The number of hydrogen-bond acceptors (Lipinski definition) is 3. The smallest absolute Gasteiger partial charge is 0.0921 e. The first-order valence-electron chi connectivity index (χ1n) is 5.38. The van der Waals surface area contributed by atoms with Crippen molar-refractivity contribution in [2.75, 3.05) is 26.3 Å². The molecule has 4 nitrogen and oxygen atoms in total. The van der Waals surface area contributed by atoms with Gasteiger partial charge in [-0.1, -0.05) is 6.92 Å². The Balaban J connectivity index is 2.44. The van der Waals surface area contributed by atoms with Gasteiger partial charge in [0.2, 0.25) is 0 Å². The highest BCUT2D eigenvalue weighted by Gasteiger charge is 2.18. The van der Waals surface area contributed by atoms with Crippen LogP contribution in [0.1, 0.15) is 26.2 Å². The second kappa shape index (κ2) is 5.98. The van der Waals surface area contributed by atoms with Crippen LogP contribution >= 0.6 is 0 Å². The van der Waals surface area contributed by atoms with E-state index < -0.39 is 0 Å². The van der Waals surface area contributed by atoms with Gasteiger partial charge in [0.15, 0.2) is 0 Å². The van der Waals surface area contributed by atoms with Crippen LogP contribution in [-0.4, -0.2) is 43.1 Å². The van der Waals surface area contributed by atoms with Crippen LogP contribution in [0.3, 0.4) is 0 Å². The van der Waals surface area contributed by atoms with Crippen molar-refractivity contribution in [2.24, 2.45) is 5.73 Å². The zero-order valence-corrected chi connectivity index (χ0v) is 8.96. The average molecular weight is 199 g/mol. The van der Waals surface area contributed by atoms with Crippen LogP contribution < -0.4 is 5.73 Å². The van der Waals surface area contributed by atoms with Gasteiger partial charge in [-0.3, -0.25) is 10.3 Å². The molecule has 1 fully saturated rings. The molecular weight excluding hydrogens is 178 g/mol. The number of amidine groups is 1. The Morgan fingerprint density at radius 3 is 2.93 bits per heavy atom. The fraction of sp³-hybridized carbons (Fsp3) is 0.900. The van der Waals surface area contributed by atoms with Crippen LogP contribution in [0, 0.1) is 5.41 Å². The van der Waals surface area contributed by atoms with Gasteiger partial charge in [0.05, 0.1) is 12.4 Å². The monoisotopic (exact) mass is 199 g/mol. The summed E-state index contributed by atoms with van der Waals surface area (Å²) in [5.41, 5.74) is 5.44. The molecule has 82 valence electrons. The maximum absolute atomic E-state index is 7.32. The van der Waals surface area contributed by atoms with E-state index >= 15 is 0 Å². The SMILES string of the molecule is CCC(CC(=N)N)N1CCCOCC1. The van der Waals surface area contributed by atoms with Gasteiger partial charge in [-0.05, 0) is 12.8 Å². The lowest BCUT2D eigenvalue weighted by Gasteiger charge is -2.28. The quantitative estimate of drug-likeness (QED) is 0.520. The topological polar surface area (TPSA) is 62.3 Å². The molecule has 0 spiro atoms. The van der Waals surface area contributed by atoms with Crippen LogP contribution in [0.15, 0.2) is 0 Å². The molecule has 0 radical (unpaired) electrons. The zero-order valence-electron chi connectivity index (χ0n) is 8.96. The van der Waals surface area contributed by atoms with E-state index in [1.807, 2.05) is 0 Å². The van der Waals surface area contributed by atoms with Gasteiger partial charge in [0, 0.05) is 32.2 Å². The third-order valence-electron chi connectivity index (χ3n) is 2.70. The van der Waals surface area contributed by atoms with Crippen molar-refractivity contribution in [2.45, 2.75) is 32.2 Å². The summed E-state index contributed by atoms with van der Waals surface area (Å²) in [7, 11) is 0. The molecule has 0 amide bonds. The minimum atomic E-state index is 0.294. The Hall–Kier alpha value is -0.610. The minimum Gasteiger partial charge on any atom is -0.388 e. The molecular formula is C10H21N3O. The molecule has 1 aliphatic rings. The molecule has 3 N–H and O–H groups in total. The molecule has 14 heavy (non-hydrogen) atoms. The normalized spacial score (nSPS) is 21.5. The Labute approximate surface area is 85.9 Å². The van der Waals surface area contributed by atoms with Crippen LogP contribution in [-0.2, 0) is 4.74 Å². The summed E-state index contributed by atoms with van der Waals surface area (Å²) in [6.45, 7) is 5.89. The van der Waals surface area contributed by atoms with Gasteiger partial charge in [-0.2, -0.15) is 0 Å². The average Bonchev–Trinajstić information content (AvgIpc) is 2.41. The number of nitrogens with two attached hydrogens (primary N) is 1. The fourth-order valence-electron chi connectivity index (χ4n) is 1.92. The minimum absolute atomic E-state index is 0.294. The first-order valence-corrected chi connectivity index (χ1v) is 5.38. The molecule has 0 aromatic heterocycles. The van der Waals surface area contributed by atoms with Crippen LogP contribution in [0.2, 0.25) is 0 Å². The van der Waals surface area contributed by atoms with Crippen molar-refractivity contribution < 1.29 is 4.74 Å². The molecule has 1 heterocycles. The molecule has 1 aliphatic heterocycles. The summed E-state index contributed by atoms with van der Waals surface area (Å²) in [4.78, 5) is 2.40. The summed E-state index contributed by atoms with van der Waals surface area (Å²) in [6.07, 6.45) is 2.84. The van der Waals surface area contributed by atoms with Gasteiger partial charge in [0.1, 0.15) is 0 Å². The lowest BCUT2D eigenvalue weighted by atomic mass is 10.1. The highest BCUT2D eigenvalue weighted by molar-refractivity contribution is 5.77. The van der Waals surface area contributed by atoms with Crippen molar-refractivity contribution >= 4 is 5.84 Å². The van der Waals surface area contributed by atoms with Gasteiger partial charge in [-0.25, -0.2) is 0 Å². The molecule has 0 bridgehead atoms. The first kappa shape index (κ1) is 11.5. The van der Waals surface area contributed by atoms with Crippen molar-refractivity contribution in [3.63, 3.8) is 0 Å². The third kappa shape index (κ3) is 3.64. The highest BCUT2D eigenvalue weighted by Crippen LogP contribution is 2.11. The summed E-state index contributed by atoms with van der Waals surface area (Å²) < 4.78 is 5.40. The lowest BCUT2D eigenvalue weighted by molar-refractivity contribution is 0.131. The van der Waals surface area contributed by atoms with E-state index in [1.165, 1.54) is 0 Å². The van der Waals surface area contributed by atoms with Gasteiger partial charge in [-0.15, -0.1) is 0 Å². The predicted molar refractivity (Wildman–Crippen MR) is 57.6 cm³/mol. The van der Waals surface area contributed by atoms with Crippen molar-refractivity contribution in [1.82, 2.24) is 4.90 Å². The number of hydrogen-bond donors (Lipinski definition) is 2. The number of nitrogens with zero attached hydrogens (tertiary/aromatic N) is 1. The number of nitrogens with one attached hydrogen (secondary N) is 1. The van der Waals surface area contributed by atoms with Crippen molar-refractivity contribution in [3.8, 4) is 0 Å². The zero-order chi connectivity index (χ0) is 10.4. The Morgan fingerprint density at radius 2 is 2.29 bits per heavy atom. The van der Waals surface area contributed by atoms with Gasteiger partial charge in [0.25, 0.3) is 0 Å². The van der Waals surface area contributed by atoms with Crippen molar-refractivity contribution in [1.29, 1.82) is 5.41 Å². The molecule has 1 atom stereocenters. The van der Waals surface area contributed by atoms with E-state index in [1.54, 1.807) is 0 Å². The second-order valence-corrected chi connectivity index (χ2v) is 3.79. The maximum atomic E-state index is 7.32. The first-order chi connectivity index (χ1) is 6.74. The molecule has 0 saturated carbocycles. The lowest BCUT2D eigenvalue weighted by Crippen LogP contribution is -2.39. The molecule has 1 saturated heterocycles. The Bertz CT molecular complexity index is 176. The third-order valence-corrected chi connectivity index (χ3v) is 2.70. The summed E-state index contributed by atoms with van der Waals surface area (Å²) >= 11 is 0. The fourth-order valence-corrected chi connectivity index (χ4v) is 1.92. The maximum Gasteiger partial charge on any atom is 0.0921 e. The molecule has 0 aromatic rings. The highest BCUT2D eigenvalue weighted by atomic mass is 16.5. The summed E-state index contributed by atoms with van der Waals surface area (Å²) in [5.74, 6) is 0.294. The van der Waals surface area contributed by atoms with E-state index in [9.17, 15) is 0 Å². The van der Waals surface area contributed by atoms with E-state index in [-0.39, 0.29) is 0 Å². The molecule has 1 unspecified atom stereocenters. The van der Waals surface area contributed by atoms with E-state index in [2.05, 4.69) is 11.8 Å². The largest absolute Gasteiger partial charge is 0.388 e. The molecule has 0 aromatic carbocycles. The van der Waals surface area contributed by atoms with Crippen molar-refractivity contribution in [3.05, 3.63) is 0 Å². The van der Waals surface area contributed by atoms with Crippen LogP contribution in [0.4, 0.5) is 0 Å². The summed E-state index contributed by atoms with van der Waals surface area (Å²) in [5, 5.41) is 7.32. The molecule has 4 heteroatoms. The summed E-state index contributed by atoms with van der Waals surface area (Å²) in [6, 6.07) is 0.425. The molecule has 0 aliphatic carbocycles. The predicted octanol–water partition coefficient (Wildman–Crippen LogP) is 0.813. The van der Waals surface area contributed by atoms with E-state index in [0.717, 1.165) is 39.1 Å². The Kier molecular flexibility index (Phi) is 4.90. The van der Waals surface area contributed by atoms with E-state index in [4.69, 9.17) is 15.9 Å². The van der Waals surface area contributed by atoms with Gasteiger partial charge < -0.3 is 10.5 Å². The molecule has 1 rings (SSSR count). The second-order valence-electron chi connectivity index (χ2n) is 3.79. The van der Waals surface area contributed by atoms with E-state index in [0.29, 0.717) is 18.3 Å². The Morgan fingerprint density at radius 1 is 1.50 bits per heavy atom. The van der Waals surface area contributed by atoms with Crippen LogP contribution in [0.25, 0.3) is 0 Å². The van der Waals surface area contributed by atoms with Gasteiger partial charge >= 0.3 is 0 Å². The number of ether oxygens (including phenoxy) is 1. The van der Waals surface area contributed by atoms with Crippen LogP contribution in [0.5, 0.6) is 0 Å².